The molecule has 7 heteroatoms. The van der Waals surface area contributed by atoms with Crippen molar-refractivity contribution in [2.24, 2.45) is 0 Å². The molecule has 0 fully saturated rings. The van der Waals surface area contributed by atoms with Gasteiger partial charge in [0.05, 0.1) is 37.5 Å². The number of amides is 1. The van der Waals surface area contributed by atoms with E-state index in [-0.39, 0.29) is 30.5 Å². The molecule has 0 radical (unpaired) electrons. The van der Waals surface area contributed by atoms with Gasteiger partial charge >= 0.3 is 0 Å². The Balaban J connectivity index is 1.70. The van der Waals surface area contributed by atoms with Gasteiger partial charge in [0, 0.05) is 13.0 Å². The molecule has 0 saturated carbocycles. The summed E-state index contributed by atoms with van der Waals surface area (Å²) in [6.45, 7) is 6.06. The number of aromatic nitrogens is 2. The first-order chi connectivity index (χ1) is 14.3. The number of methoxy groups -OCH3 is 2. The van der Waals surface area contributed by atoms with Crippen molar-refractivity contribution in [3.63, 3.8) is 0 Å². The molecule has 1 atom stereocenters. The predicted molar refractivity (Wildman–Crippen MR) is 116 cm³/mol. The molecule has 0 saturated heterocycles. The first-order valence-corrected chi connectivity index (χ1v) is 9.82. The summed E-state index contributed by atoms with van der Waals surface area (Å²) in [4.78, 5) is 29.6. The van der Waals surface area contributed by atoms with E-state index in [4.69, 9.17) is 9.47 Å². The Kier molecular flexibility index (Phi) is 6.40. The quantitative estimate of drug-likeness (QED) is 0.647. The van der Waals surface area contributed by atoms with Crippen LogP contribution in [0.15, 0.2) is 41.5 Å². The molecule has 0 aliphatic heterocycles. The van der Waals surface area contributed by atoms with Crippen LogP contribution in [0.5, 0.6) is 11.5 Å². The monoisotopic (exact) mass is 409 g/mol. The van der Waals surface area contributed by atoms with Gasteiger partial charge in [0.2, 0.25) is 5.91 Å². The number of ether oxygens (including phenoxy) is 2. The highest BCUT2D eigenvalue weighted by Crippen LogP contribution is 2.32. The van der Waals surface area contributed by atoms with E-state index >= 15 is 0 Å². The average Bonchev–Trinajstić information content (AvgIpc) is 2.73. The van der Waals surface area contributed by atoms with Crippen molar-refractivity contribution in [1.29, 1.82) is 0 Å². The van der Waals surface area contributed by atoms with Crippen LogP contribution in [0.25, 0.3) is 10.9 Å². The van der Waals surface area contributed by atoms with Gasteiger partial charge in [-0.05, 0) is 55.7 Å². The van der Waals surface area contributed by atoms with E-state index in [1.54, 1.807) is 20.3 Å². The van der Waals surface area contributed by atoms with Crippen LogP contribution in [0.1, 0.15) is 36.1 Å². The zero-order valence-corrected chi connectivity index (χ0v) is 18.0. The number of carbonyl (C=O) groups excluding carboxylic acids is 1. The summed E-state index contributed by atoms with van der Waals surface area (Å²) in [6.07, 6.45) is 1.68. The zero-order valence-electron chi connectivity index (χ0n) is 18.0. The van der Waals surface area contributed by atoms with E-state index < -0.39 is 0 Å². The molecule has 0 bridgehead atoms. The standard InChI is InChI=1S/C23H27N3O4/c1-14-7-6-8-17-22(14)24-13-26(23(17)28)10-9-21(27)25-16(3)18-12-20(30-5)19(29-4)11-15(18)2/h6-8,11-13,16H,9-10H2,1-5H3,(H,25,27). The largest absolute Gasteiger partial charge is 0.493 e. The Bertz CT molecular complexity index is 1140. The number of aryl methyl sites for hydroxylation is 3. The smallest absolute Gasteiger partial charge is 0.261 e. The molecular formula is C23H27N3O4. The number of benzene rings is 2. The summed E-state index contributed by atoms with van der Waals surface area (Å²) >= 11 is 0. The summed E-state index contributed by atoms with van der Waals surface area (Å²) in [5.41, 5.74) is 3.45. The van der Waals surface area contributed by atoms with E-state index in [0.717, 1.165) is 16.7 Å². The minimum Gasteiger partial charge on any atom is -0.493 e. The Labute approximate surface area is 175 Å². The van der Waals surface area contributed by atoms with Crippen LogP contribution in [-0.4, -0.2) is 29.7 Å². The first-order valence-electron chi connectivity index (χ1n) is 9.82. The second kappa shape index (κ2) is 8.98. The molecule has 1 heterocycles. The van der Waals surface area contributed by atoms with Gasteiger partial charge in [-0.1, -0.05) is 12.1 Å². The molecule has 0 aliphatic rings. The van der Waals surface area contributed by atoms with Crippen molar-refractivity contribution in [3.8, 4) is 11.5 Å². The van der Waals surface area contributed by atoms with Gasteiger partial charge in [-0.25, -0.2) is 4.98 Å². The molecule has 1 aromatic heterocycles. The molecule has 1 N–H and O–H groups in total. The lowest BCUT2D eigenvalue weighted by Crippen LogP contribution is -2.30. The third-order valence-electron chi connectivity index (χ3n) is 5.25. The third-order valence-corrected chi connectivity index (χ3v) is 5.25. The van der Waals surface area contributed by atoms with Crippen LogP contribution < -0.4 is 20.3 Å². The molecule has 2 aromatic carbocycles. The maximum absolute atomic E-state index is 12.7. The molecule has 0 aliphatic carbocycles. The van der Waals surface area contributed by atoms with Gasteiger partial charge in [-0.15, -0.1) is 0 Å². The number of hydrogen-bond donors (Lipinski definition) is 1. The summed E-state index contributed by atoms with van der Waals surface area (Å²) in [5.74, 6) is 1.12. The molecule has 7 nitrogen and oxygen atoms in total. The van der Waals surface area contributed by atoms with Crippen LogP contribution in [-0.2, 0) is 11.3 Å². The maximum Gasteiger partial charge on any atom is 0.261 e. The molecule has 3 aromatic rings. The fourth-order valence-electron chi connectivity index (χ4n) is 3.57. The topological polar surface area (TPSA) is 82.5 Å². The van der Waals surface area contributed by atoms with E-state index in [2.05, 4.69) is 10.3 Å². The van der Waals surface area contributed by atoms with Crippen LogP contribution in [0.3, 0.4) is 0 Å². The summed E-state index contributed by atoms with van der Waals surface area (Å²) in [7, 11) is 3.17. The van der Waals surface area contributed by atoms with Crippen molar-refractivity contribution in [2.75, 3.05) is 14.2 Å². The number of nitrogens with one attached hydrogen (secondary N) is 1. The van der Waals surface area contributed by atoms with Crippen molar-refractivity contribution in [1.82, 2.24) is 14.9 Å². The van der Waals surface area contributed by atoms with Crippen LogP contribution in [0.2, 0.25) is 0 Å². The molecule has 1 amide bonds. The van der Waals surface area contributed by atoms with Crippen molar-refractivity contribution in [3.05, 3.63) is 63.7 Å². The number of rotatable bonds is 7. The normalized spacial score (nSPS) is 11.9. The van der Waals surface area contributed by atoms with Gasteiger partial charge in [0.1, 0.15) is 0 Å². The van der Waals surface area contributed by atoms with Gasteiger partial charge in [-0.2, -0.15) is 0 Å². The lowest BCUT2D eigenvalue weighted by atomic mass is 10.0. The highest BCUT2D eigenvalue weighted by atomic mass is 16.5. The molecular weight excluding hydrogens is 382 g/mol. The molecule has 0 spiro atoms. The number of hydrogen-bond acceptors (Lipinski definition) is 5. The van der Waals surface area contributed by atoms with Gasteiger partial charge in [0.25, 0.3) is 5.56 Å². The Morgan fingerprint density at radius 1 is 1.13 bits per heavy atom. The Hall–Kier alpha value is -3.35. The van der Waals surface area contributed by atoms with Crippen LogP contribution in [0.4, 0.5) is 0 Å². The van der Waals surface area contributed by atoms with Gasteiger partial charge < -0.3 is 14.8 Å². The van der Waals surface area contributed by atoms with Crippen LogP contribution >= 0.6 is 0 Å². The fraction of sp³-hybridized carbons (Fsp3) is 0.348. The first kappa shape index (κ1) is 21.4. The van der Waals surface area contributed by atoms with Gasteiger partial charge in [-0.3, -0.25) is 14.2 Å². The highest BCUT2D eigenvalue weighted by molar-refractivity contribution is 5.80. The van der Waals surface area contributed by atoms with Crippen molar-refractivity contribution >= 4 is 16.8 Å². The van der Waals surface area contributed by atoms with Crippen LogP contribution in [0, 0.1) is 13.8 Å². The minimum absolute atomic E-state index is 0.139. The summed E-state index contributed by atoms with van der Waals surface area (Å²) in [5, 5.41) is 3.55. The second-order valence-corrected chi connectivity index (χ2v) is 7.32. The molecule has 30 heavy (non-hydrogen) atoms. The fourth-order valence-corrected chi connectivity index (χ4v) is 3.57. The van der Waals surface area contributed by atoms with Gasteiger partial charge in [0.15, 0.2) is 11.5 Å². The number of carbonyl (C=O) groups is 1. The lowest BCUT2D eigenvalue weighted by molar-refractivity contribution is -0.121. The maximum atomic E-state index is 12.7. The second-order valence-electron chi connectivity index (χ2n) is 7.32. The Morgan fingerprint density at radius 2 is 1.83 bits per heavy atom. The molecule has 3 rings (SSSR count). The molecule has 158 valence electrons. The summed E-state index contributed by atoms with van der Waals surface area (Å²) in [6, 6.07) is 9.06. The van der Waals surface area contributed by atoms with E-state index in [9.17, 15) is 9.59 Å². The number of nitrogens with zero attached hydrogens (tertiary/aromatic N) is 2. The van der Waals surface area contributed by atoms with Crippen molar-refractivity contribution < 1.29 is 14.3 Å². The lowest BCUT2D eigenvalue weighted by Gasteiger charge is -2.19. The molecule has 1 unspecified atom stereocenters. The Morgan fingerprint density at radius 3 is 2.53 bits per heavy atom. The summed E-state index contributed by atoms with van der Waals surface area (Å²) < 4.78 is 12.2. The van der Waals surface area contributed by atoms with Crippen molar-refractivity contribution in [2.45, 2.75) is 39.8 Å². The average molecular weight is 409 g/mol. The van der Waals surface area contributed by atoms with E-state index in [1.165, 1.54) is 10.9 Å². The minimum atomic E-state index is -0.216. The number of fused-ring (bicyclic) bond motifs is 1. The SMILES string of the molecule is COc1cc(C)c(C(C)NC(=O)CCn2cnc3c(C)cccc3c2=O)cc1OC. The van der Waals surface area contributed by atoms with E-state index in [0.29, 0.717) is 22.4 Å². The highest BCUT2D eigenvalue weighted by Gasteiger charge is 2.16. The predicted octanol–water partition coefficient (Wildman–Crippen LogP) is 3.30. The number of para-hydroxylation sites is 1. The zero-order chi connectivity index (χ0) is 21.8. The third kappa shape index (κ3) is 4.30. The van der Waals surface area contributed by atoms with E-state index in [1.807, 2.05) is 45.0 Å².